The van der Waals surface area contributed by atoms with E-state index < -0.39 is 51.1 Å². The smallest absolute Gasteiger partial charge is 0.254 e. The first-order chi connectivity index (χ1) is 20.0. The van der Waals surface area contributed by atoms with Crippen LogP contribution >= 0.6 is 50.7 Å². The van der Waals surface area contributed by atoms with Crippen LogP contribution < -0.4 is 9.64 Å². The topological polar surface area (TPSA) is 104 Å². The number of hydrogen-bond acceptors (Lipinski definition) is 6. The number of carbonyl (C=O) groups is 4. The van der Waals surface area contributed by atoms with Crippen molar-refractivity contribution in [3.8, 4) is 11.5 Å². The van der Waals surface area contributed by atoms with E-state index in [2.05, 4.69) is 15.9 Å². The highest BCUT2D eigenvalue weighted by Gasteiger charge is 2.75. The third-order valence-electron chi connectivity index (χ3n) is 8.84. The summed E-state index contributed by atoms with van der Waals surface area (Å²) in [6.07, 6.45) is 5.44. The maximum atomic E-state index is 14.0. The van der Waals surface area contributed by atoms with E-state index in [1.807, 2.05) is 6.08 Å². The molecule has 4 amide bonds. The Morgan fingerprint density at radius 1 is 1.05 bits per heavy atom. The molecule has 0 bridgehead atoms. The van der Waals surface area contributed by atoms with E-state index in [9.17, 15) is 24.3 Å². The van der Waals surface area contributed by atoms with Gasteiger partial charge in [-0.3, -0.25) is 29.0 Å². The number of phenols is 1. The van der Waals surface area contributed by atoms with Gasteiger partial charge in [-0.1, -0.05) is 57.4 Å². The quantitative estimate of drug-likeness (QED) is 0.192. The van der Waals surface area contributed by atoms with E-state index in [0.717, 1.165) is 4.90 Å². The van der Waals surface area contributed by atoms with Crippen LogP contribution in [0.5, 0.6) is 11.5 Å². The molecule has 4 aliphatic rings. The maximum absolute atomic E-state index is 14.0. The molecule has 0 radical (unpaired) electrons. The second kappa shape index (κ2) is 10.4. The van der Waals surface area contributed by atoms with Crippen LogP contribution in [0.2, 0.25) is 5.02 Å². The standard InChI is InChI=1S/C30H24BrCl3N2O6/c1-42-23-12-15(3-11-22(23)37)2-10-21-18-8-9-19-24(26(39)36(25(19)38)17-6-4-16(32)5-7-17)20(18)13-29(33)27(40)35(14-31)28(41)30(21,29)34/h2-8,10-12,19-21,24,37H,9,13-14H2,1H3. The van der Waals surface area contributed by atoms with Crippen molar-refractivity contribution in [2.45, 2.75) is 22.6 Å². The van der Waals surface area contributed by atoms with Crippen molar-refractivity contribution in [1.29, 1.82) is 0 Å². The van der Waals surface area contributed by atoms with Crippen molar-refractivity contribution in [1.82, 2.24) is 4.90 Å². The zero-order valence-electron chi connectivity index (χ0n) is 22.1. The Balaban J connectivity index is 1.46. The number of carbonyl (C=O) groups excluding carboxylic acids is 4. The Bertz CT molecular complexity index is 1600. The summed E-state index contributed by atoms with van der Waals surface area (Å²) < 4.78 is 5.22. The summed E-state index contributed by atoms with van der Waals surface area (Å²) >= 11 is 23.6. The fourth-order valence-corrected chi connectivity index (χ4v) is 8.36. The van der Waals surface area contributed by atoms with E-state index in [1.54, 1.807) is 48.6 Å². The Morgan fingerprint density at radius 3 is 2.43 bits per heavy atom. The Kier molecular flexibility index (Phi) is 7.24. The molecule has 2 aromatic rings. The molecule has 0 spiro atoms. The molecule has 2 heterocycles. The number of fused-ring (bicyclic) bond motifs is 4. The number of ether oxygens (including phenoxy) is 1. The van der Waals surface area contributed by atoms with Gasteiger partial charge < -0.3 is 9.84 Å². The molecule has 0 aromatic heterocycles. The molecule has 2 aliphatic heterocycles. The number of rotatable bonds is 5. The number of aromatic hydroxyl groups is 1. The largest absolute Gasteiger partial charge is 0.504 e. The molecule has 2 saturated heterocycles. The molecule has 2 aliphatic carbocycles. The van der Waals surface area contributed by atoms with Crippen molar-refractivity contribution < 1.29 is 29.0 Å². The lowest BCUT2D eigenvalue weighted by molar-refractivity contribution is -0.138. The van der Waals surface area contributed by atoms with E-state index in [1.165, 1.54) is 18.1 Å². The predicted molar refractivity (Wildman–Crippen MR) is 162 cm³/mol. The summed E-state index contributed by atoms with van der Waals surface area (Å²) in [7, 11) is 1.43. The summed E-state index contributed by atoms with van der Waals surface area (Å²) in [4.78, 5) is 53.4. The first-order valence-corrected chi connectivity index (χ1v) is 15.4. The summed E-state index contributed by atoms with van der Waals surface area (Å²) in [5.41, 5.74) is 1.62. The van der Waals surface area contributed by atoms with Crippen LogP contribution in [0.3, 0.4) is 0 Å². The van der Waals surface area contributed by atoms with Crippen molar-refractivity contribution in [2.75, 3.05) is 17.5 Å². The summed E-state index contributed by atoms with van der Waals surface area (Å²) in [6.45, 7) is 0. The third-order valence-corrected chi connectivity index (χ3v) is 11.0. The number of likely N-dealkylation sites (tertiary alicyclic amines) is 1. The number of nitrogens with zero attached hydrogens (tertiary/aromatic N) is 2. The Hall–Kier alpha value is -2.85. The van der Waals surface area contributed by atoms with Crippen LogP contribution in [-0.4, -0.2) is 55.9 Å². The molecule has 1 N–H and O–H groups in total. The van der Waals surface area contributed by atoms with Crippen molar-refractivity contribution >= 4 is 86.1 Å². The number of methoxy groups -OCH3 is 1. The molecular formula is C30H24BrCl3N2O6. The average Bonchev–Trinajstić information content (AvgIpc) is 3.31. The van der Waals surface area contributed by atoms with E-state index in [4.69, 9.17) is 39.5 Å². The van der Waals surface area contributed by atoms with Gasteiger partial charge in [-0.05, 0) is 60.7 Å². The normalized spacial score (nSPS) is 32.3. The van der Waals surface area contributed by atoms with Gasteiger partial charge in [-0.2, -0.15) is 0 Å². The van der Waals surface area contributed by atoms with Crippen molar-refractivity contribution in [2.24, 2.45) is 23.7 Å². The van der Waals surface area contributed by atoms with Crippen molar-refractivity contribution in [3.63, 3.8) is 0 Å². The lowest BCUT2D eigenvalue weighted by Gasteiger charge is -2.49. The molecule has 8 nitrogen and oxygen atoms in total. The van der Waals surface area contributed by atoms with Gasteiger partial charge >= 0.3 is 0 Å². The highest BCUT2D eigenvalue weighted by atomic mass is 79.9. The number of anilines is 1. The van der Waals surface area contributed by atoms with Gasteiger partial charge in [0.25, 0.3) is 11.8 Å². The number of halogens is 4. The summed E-state index contributed by atoms with van der Waals surface area (Å²) in [5, 5.41) is 10.5. The predicted octanol–water partition coefficient (Wildman–Crippen LogP) is 5.52. The minimum absolute atomic E-state index is 0.0406. The highest BCUT2D eigenvalue weighted by Crippen LogP contribution is 2.63. The maximum Gasteiger partial charge on any atom is 0.254 e. The number of imide groups is 2. The first-order valence-electron chi connectivity index (χ1n) is 13.2. The molecule has 6 rings (SSSR count). The lowest BCUT2D eigenvalue weighted by Crippen LogP contribution is -2.60. The average molecular weight is 695 g/mol. The zero-order valence-corrected chi connectivity index (χ0v) is 26.0. The van der Waals surface area contributed by atoms with Crippen molar-refractivity contribution in [3.05, 3.63) is 70.8 Å². The zero-order chi connectivity index (χ0) is 30.1. The number of alkyl halides is 3. The monoisotopic (exact) mass is 692 g/mol. The lowest BCUT2D eigenvalue weighted by atomic mass is 9.57. The summed E-state index contributed by atoms with van der Waals surface area (Å²) in [6, 6.07) is 11.2. The van der Waals surface area contributed by atoms with Crippen LogP contribution in [0.25, 0.3) is 6.08 Å². The number of amides is 4. The second-order valence-electron chi connectivity index (χ2n) is 10.8. The van der Waals surface area contributed by atoms with Crippen LogP contribution in [-0.2, 0) is 19.2 Å². The molecule has 6 atom stereocenters. The van der Waals surface area contributed by atoms with Crippen LogP contribution in [0, 0.1) is 23.7 Å². The van der Waals surface area contributed by atoms with E-state index in [-0.39, 0.29) is 35.7 Å². The molecular weight excluding hydrogens is 671 g/mol. The van der Waals surface area contributed by atoms with Gasteiger partial charge in [0.15, 0.2) is 21.2 Å². The molecule has 12 heteroatoms. The van der Waals surface area contributed by atoms with E-state index >= 15 is 0 Å². The van der Waals surface area contributed by atoms with Gasteiger partial charge in [0.05, 0.1) is 30.1 Å². The molecule has 42 heavy (non-hydrogen) atoms. The molecule has 6 unspecified atom stereocenters. The van der Waals surface area contributed by atoms with Gasteiger partial charge in [0, 0.05) is 10.9 Å². The molecule has 1 saturated carbocycles. The van der Waals surface area contributed by atoms with Gasteiger partial charge in [0.2, 0.25) is 11.8 Å². The van der Waals surface area contributed by atoms with Gasteiger partial charge in [-0.25, -0.2) is 0 Å². The van der Waals surface area contributed by atoms with Crippen LogP contribution in [0.1, 0.15) is 18.4 Å². The molecule has 3 fully saturated rings. The number of hydrogen-bond donors (Lipinski definition) is 1. The fourth-order valence-electron chi connectivity index (χ4n) is 6.85. The van der Waals surface area contributed by atoms with Gasteiger partial charge in [0.1, 0.15) is 0 Å². The Labute approximate surface area is 265 Å². The molecule has 2 aromatic carbocycles. The third kappa shape index (κ3) is 4.00. The SMILES string of the molecule is COc1cc(C=CC2C3=CCC4C(=O)N(c5ccc(Cl)cc5)C(=O)C4C3CC3(Cl)C(=O)N(CBr)C(=O)C23Cl)ccc1O. The minimum Gasteiger partial charge on any atom is -0.504 e. The number of phenolic OH excluding ortho intramolecular Hbond substituents is 1. The second-order valence-corrected chi connectivity index (χ2v) is 13.0. The van der Waals surface area contributed by atoms with E-state index in [0.29, 0.717) is 21.8 Å². The number of benzene rings is 2. The fraction of sp³-hybridized carbons (Fsp3) is 0.333. The number of allylic oxidation sites excluding steroid dienone is 3. The summed E-state index contributed by atoms with van der Waals surface area (Å²) in [5.74, 6) is -4.79. The van der Waals surface area contributed by atoms with Crippen LogP contribution in [0.4, 0.5) is 5.69 Å². The van der Waals surface area contributed by atoms with Gasteiger partial charge in [-0.15, -0.1) is 23.2 Å². The van der Waals surface area contributed by atoms with Crippen LogP contribution in [0.15, 0.2) is 60.2 Å². The highest BCUT2D eigenvalue weighted by molar-refractivity contribution is 9.09. The molecule has 218 valence electrons. The first kappa shape index (κ1) is 29.2. The minimum atomic E-state index is -1.88. The Morgan fingerprint density at radius 2 is 1.76 bits per heavy atom.